The largest absolute Gasteiger partial charge is 0.372 e. The number of aryl methyl sites for hydroxylation is 2. The standard InChI is InChI=1S/C18H19N5O3/c1-12-7-6-8-13(2)16(12)20-15(24)11-21(3)17-18(23(25)26)22-10-5-4-9-14(22)19-17/h4-10H,11H2,1-3H3,(H,20,24). The lowest BCUT2D eigenvalue weighted by Gasteiger charge is -2.17. The van der Waals surface area contributed by atoms with Gasteiger partial charge in [0.1, 0.15) is 0 Å². The van der Waals surface area contributed by atoms with Crippen molar-refractivity contribution in [1.82, 2.24) is 9.38 Å². The topological polar surface area (TPSA) is 92.8 Å². The average molecular weight is 353 g/mol. The second kappa shape index (κ2) is 6.83. The van der Waals surface area contributed by atoms with Gasteiger partial charge in [0.15, 0.2) is 0 Å². The summed E-state index contributed by atoms with van der Waals surface area (Å²) in [6, 6.07) is 10.9. The molecule has 1 N–H and O–H groups in total. The number of rotatable bonds is 5. The van der Waals surface area contributed by atoms with Crippen LogP contribution in [0.3, 0.4) is 0 Å². The number of para-hydroxylation sites is 1. The molecule has 26 heavy (non-hydrogen) atoms. The highest BCUT2D eigenvalue weighted by Crippen LogP contribution is 2.28. The lowest BCUT2D eigenvalue weighted by Crippen LogP contribution is -2.31. The molecule has 0 spiro atoms. The zero-order valence-corrected chi connectivity index (χ0v) is 14.8. The first-order valence-electron chi connectivity index (χ1n) is 8.07. The SMILES string of the molecule is Cc1cccc(C)c1NC(=O)CN(C)c1nc2ccccn2c1[N+](=O)[O-]. The van der Waals surface area contributed by atoms with E-state index in [0.29, 0.717) is 5.65 Å². The number of fused-ring (bicyclic) bond motifs is 1. The maximum Gasteiger partial charge on any atom is 0.372 e. The molecule has 0 bridgehead atoms. The number of hydrogen-bond acceptors (Lipinski definition) is 5. The molecule has 1 amide bonds. The minimum absolute atomic E-state index is 0.0570. The molecule has 134 valence electrons. The average Bonchev–Trinajstić information content (AvgIpc) is 2.98. The molecule has 8 nitrogen and oxygen atoms in total. The third kappa shape index (κ3) is 3.21. The first-order valence-corrected chi connectivity index (χ1v) is 8.07. The number of aromatic nitrogens is 2. The Morgan fingerprint density at radius 3 is 2.58 bits per heavy atom. The van der Waals surface area contributed by atoms with Crippen LogP contribution < -0.4 is 10.2 Å². The summed E-state index contributed by atoms with van der Waals surface area (Å²) in [5.41, 5.74) is 3.13. The summed E-state index contributed by atoms with van der Waals surface area (Å²) < 4.78 is 1.40. The summed E-state index contributed by atoms with van der Waals surface area (Å²) in [5, 5.41) is 14.4. The zero-order valence-electron chi connectivity index (χ0n) is 14.8. The normalized spacial score (nSPS) is 10.7. The van der Waals surface area contributed by atoms with Crippen molar-refractivity contribution in [3.05, 3.63) is 63.8 Å². The number of nitrogens with zero attached hydrogens (tertiary/aromatic N) is 4. The Hall–Kier alpha value is -3.42. The van der Waals surface area contributed by atoms with Crippen molar-refractivity contribution >= 4 is 28.9 Å². The molecule has 0 aliphatic rings. The van der Waals surface area contributed by atoms with Crippen molar-refractivity contribution < 1.29 is 9.72 Å². The predicted molar refractivity (Wildman–Crippen MR) is 99.7 cm³/mol. The molecule has 0 aliphatic carbocycles. The number of imidazole rings is 1. The fourth-order valence-corrected chi connectivity index (χ4v) is 2.88. The number of hydrogen-bond donors (Lipinski definition) is 1. The van der Waals surface area contributed by atoms with E-state index in [1.54, 1.807) is 31.4 Å². The Bertz CT molecular complexity index is 975. The van der Waals surface area contributed by atoms with E-state index in [1.807, 2.05) is 32.0 Å². The van der Waals surface area contributed by atoms with Gasteiger partial charge in [-0.15, -0.1) is 0 Å². The molecule has 2 heterocycles. The van der Waals surface area contributed by atoms with E-state index in [9.17, 15) is 14.9 Å². The van der Waals surface area contributed by atoms with Crippen molar-refractivity contribution in [2.75, 3.05) is 23.8 Å². The molecule has 1 aromatic carbocycles. The van der Waals surface area contributed by atoms with Crippen LogP contribution in [0.4, 0.5) is 17.3 Å². The third-order valence-electron chi connectivity index (χ3n) is 4.15. The van der Waals surface area contributed by atoms with E-state index in [2.05, 4.69) is 10.3 Å². The van der Waals surface area contributed by atoms with Crippen LogP contribution in [-0.4, -0.2) is 33.8 Å². The summed E-state index contributed by atoms with van der Waals surface area (Å²) in [6.07, 6.45) is 1.58. The molecule has 0 atom stereocenters. The number of carbonyl (C=O) groups is 1. The van der Waals surface area contributed by atoms with Gasteiger partial charge < -0.3 is 20.3 Å². The Kier molecular flexibility index (Phi) is 4.57. The molecule has 2 aromatic heterocycles. The quantitative estimate of drug-likeness (QED) is 0.562. The molecular weight excluding hydrogens is 334 g/mol. The minimum atomic E-state index is -0.491. The number of amides is 1. The van der Waals surface area contributed by atoms with E-state index < -0.39 is 4.92 Å². The Morgan fingerprint density at radius 2 is 1.92 bits per heavy atom. The summed E-state index contributed by atoms with van der Waals surface area (Å²) >= 11 is 0. The first-order chi connectivity index (χ1) is 12.4. The van der Waals surface area contributed by atoms with Gasteiger partial charge >= 0.3 is 5.82 Å². The van der Waals surface area contributed by atoms with E-state index in [4.69, 9.17) is 0 Å². The van der Waals surface area contributed by atoms with Gasteiger partial charge in [-0.1, -0.05) is 24.3 Å². The van der Waals surface area contributed by atoms with Crippen LogP contribution in [0.15, 0.2) is 42.6 Å². The van der Waals surface area contributed by atoms with Gasteiger partial charge in [0.05, 0.1) is 12.7 Å². The summed E-state index contributed by atoms with van der Waals surface area (Å²) in [5.74, 6) is -0.280. The van der Waals surface area contributed by atoms with Crippen LogP contribution in [0.25, 0.3) is 5.65 Å². The molecule has 0 unspecified atom stereocenters. The maximum atomic E-state index is 12.4. The van der Waals surface area contributed by atoms with Gasteiger partial charge in [0.25, 0.3) is 0 Å². The van der Waals surface area contributed by atoms with Crippen molar-refractivity contribution in [3.63, 3.8) is 0 Å². The summed E-state index contributed by atoms with van der Waals surface area (Å²) in [7, 11) is 1.61. The number of nitrogens with one attached hydrogen (secondary N) is 1. The molecule has 0 saturated carbocycles. The summed E-state index contributed by atoms with van der Waals surface area (Å²) in [6.45, 7) is 3.77. The Labute approximate surface area is 150 Å². The molecule has 0 fully saturated rings. The second-order valence-corrected chi connectivity index (χ2v) is 6.12. The molecule has 0 saturated heterocycles. The highest BCUT2D eigenvalue weighted by atomic mass is 16.6. The van der Waals surface area contributed by atoms with E-state index in [0.717, 1.165) is 16.8 Å². The fraction of sp³-hybridized carbons (Fsp3) is 0.222. The zero-order chi connectivity index (χ0) is 18.8. The fourth-order valence-electron chi connectivity index (χ4n) is 2.88. The smallest absolute Gasteiger partial charge is 0.358 e. The maximum absolute atomic E-state index is 12.4. The molecule has 0 aliphatic heterocycles. The molecule has 3 rings (SSSR count). The molecule has 3 aromatic rings. The number of pyridine rings is 1. The molecule has 8 heteroatoms. The van der Waals surface area contributed by atoms with Gasteiger partial charge in [0, 0.05) is 18.8 Å². The monoisotopic (exact) mass is 353 g/mol. The number of anilines is 2. The summed E-state index contributed by atoms with van der Waals surface area (Å²) in [4.78, 5) is 29.2. The van der Waals surface area contributed by atoms with Crippen molar-refractivity contribution in [2.24, 2.45) is 0 Å². The Balaban J connectivity index is 1.85. The lowest BCUT2D eigenvalue weighted by molar-refractivity contribution is -0.389. The second-order valence-electron chi connectivity index (χ2n) is 6.12. The molecule has 0 radical (unpaired) electrons. The number of carbonyl (C=O) groups excluding carboxylic acids is 1. The van der Waals surface area contributed by atoms with E-state index in [1.165, 1.54) is 9.30 Å². The van der Waals surface area contributed by atoms with Gasteiger partial charge in [-0.05, 0) is 36.0 Å². The van der Waals surface area contributed by atoms with E-state index >= 15 is 0 Å². The Morgan fingerprint density at radius 1 is 1.23 bits per heavy atom. The number of nitro groups is 1. The van der Waals surface area contributed by atoms with Crippen molar-refractivity contribution in [3.8, 4) is 0 Å². The van der Waals surface area contributed by atoms with Gasteiger partial charge in [-0.2, -0.15) is 9.38 Å². The van der Waals surface area contributed by atoms with Gasteiger partial charge in [-0.25, -0.2) is 0 Å². The highest BCUT2D eigenvalue weighted by molar-refractivity contribution is 5.95. The predicted octanol–water partition coefficient (Wildman–Crippen LogP) is 2.93. The van der Waals surface area contributed by atoms with Gasteiger partial charge in [0.2, 0.25) is 17.4 Å². The first kappa shape index (κ1) is 17.4. The number of likely N-dealkylation sites (N-methyl/N-ethyl adjacent to an activating group) is 1. The molecular formula is C18H19N5O3. The number of benzene rings is 1. The minimum Gasteiger partial charge on any atom is -0.358 e. The highest BCUT2D eigenvalue weighted by Gasteiger charge is 2.26. The van der Waals surface area contributed by atoms with Gasteiger partial charge in [-0.3, -0.25) is 4.79 Å². The van der Waals surface area contributed by atoms with Crippen LogP contribution in [0, 0.1) is 24.0 Å². The van der Waals surface area contributed by atoms with Crippen LogP contribution in [0.2, 0.25) is 0 Å². The van der Waals surface area contributed by atoms with E-state index in [-0.39, 0.29) is 24.1 Å². The van der Waals surface area contributed by atoms with Crippen LogP contribution in [0.5, 0.6) is 0 Å². The third-order valence-corrected chi connectivity index (χ3v) is 4.15. The van der Waals surface area contributed by atoms with Crippen molar-refractivity contribution in [2.45, 2.75) is 13.8 Å². The van der Waals surface area contributed by atoms with Crippen molar-refractivity contribution in [1.29, 1.82) is 0 Å². The lowest BCUT2D eigenvalue weighted by atomic mass is 10.1. The van der Waals surface area contributed by atoms with Crippen LogP contribution in [-0.2, 0) is 4.79 Å². The van der Waals surface area contributed by atoms with Crippen LogP contribution in [0.1, 0.15) is 11.1 Å². The van der Waals surface area contributed by atoms with Crippen LogP contribution >= 0.6 is 0 Å².